The van der Waals surface area contributed by atoms with Crippen molar-refractivity contribution in [3.05, 3.63) is 53.6 Å². The van der Waals surface area contributed by atoms with Crippen LogP contribution in [-0.2, 0) is 13.5 Å². The predicted molar refractivity (Wildman–Crippen MR) is 75.6 cm³/mol. The summed E-state index contributed by atoms with van der Waals surface area (Å²) in [7, 11) is 1.79. The molecule has 20 heavy (non-hydrogen) atoms. The first-order chi connectivity index (χ1) is 9.70. The molecule has 0 unspecified atom stereocenters. The molecule has 5 heteroatoms. The van der Waals surface area contributed by atoms with Crippen LogP contribution in [0, 0.1) is 0 Å². The van der Waals surface area contributed by atoms with Crippen molar-refractivity contribution in [3.8, 4) is 0 Å². The Morgan fingerprint density at radius 3 is 2.65 bits per heavy atom. The highest BCUT2D eigenvalue weighted by atomic mass is 16.1. The maximum Gasteiger partial charge on any atom is 0.212 e. The third-order valence-corrected chi connectivity index (χ3v) is 3.37. The van der Waals surface area contributed by atoms with Gasteiger partial charge >= 0.3 is 0 Å². The Labute approximate surface area is 116 Å². The summed E-state index contributed by atoms with van der Waals surface area (Å²) in [4.78, 5) is 20.8. The van der Waals surface area contributed by atoms with Crippen molar-refractivity contribution in [2.45, 2.75) is 13.3 Å². The maximum absolute atomic E-state index is 12.5. The number of aryl methyl sites for hydroxylation is 2. The summed E-state index contributed by atoms with van der Waals surface area (Å²) < 4.78 is 1.63. The average Bonchev–Trinajstić information content (AvgIpc) is 2.88. The first-order valence-electron chi connectivity index (χ1n) is 6.47. The number of hydrogen-bond acceptors (Lipinski definition) is 4. The molecule has 0 saturated carbocycles. The molecule has 0 aliphatic carbocycles. The van der Waals surface area contributed by atoms with Gasteiger partial charge in [-0.1, -0.05) is 31.2 Å². The van der Waals surface area contributed by atoms with Gasteiger partial charge in [0.25, 0.3) is 0 Å². The van der Waals surface area contributed by atoms with Crippen molar-refractivity contribution < 1.29 is 4.79 Å². The van der Waals surface area contributed by atoms with E-state index in [0.29, 0.717) is 22.3 Å². The van der Waals surface area contributed by atoms with Crippen LogP contribution < -0.4 is 0 Å². The summed E-state index contributed by atoms with van der Waals surface area (Å²) in [6, 6.07) is 7.61. The topological polar surface area (TPSA) is 60.7 Å². The summed E-state index contributed by atoms with van der Waals surface area (Å²) >= 11 is 0. The molecule has 0 radical (unpaired) electrons. The molecule has 0 aliphatic heterocycles. The smallest absolute Gasteiger partial charge is 0.212 e. The number of carbonyl (C=O) groups excluding carboxylic acids is 1. The second kappa shape index (κ2) is 4.85. The first kappa shape index (κ1) is 12.5. The van der Waals surface area contributed by atoms with E-state index in [9.17, 15) is 4.79 Å². The standard InChI is InChI=1S/C15H14N4O/c1-3-10-4-6-11(7-5-10)14(20)13-12-8-18-19(2)15(12)17-9-16-13/h4-9H,3H2,1-2H3. The molecule has 0 N–H and O–H groups in total. The van der Waals surface area contributed by atoms with Gasteiger partial charge in [0, 0.05) is 12.6 Å². The van der Waals surface area contributed by atoms with Gasteiger partial charge in [-0.05, 0) is 12.0 Å². The van der Waals surface area contributed by atoms with Crippen LogP contribution in [0.3, 0.4) is 0 Å². The van der Waals surface area contributed by atoms with Crippen LogP contribution in [0.2, 0.25) is 0 Å². The van der Waals surface area contributed by atoms with Crippen LogP contribution in [0.15, 0.2) is 36.8 Å². The lowest BCUT2D eigenvalue weighted by atomic mass is 10.0. The van der Waals surface area contributed by atoms with Crippen molar-refractivity contribution in [2.24, 2.45) is 7.05 Å². The van der Waals surface area contributed by atoms with Crippen LogP contribution in [0.4, 0.5) is 0 Å². The van der Waals surface area contributed by atoms with Gasteiger partial charge in [0.1, 0.15) is 12.0 Å². The molecule has 5 nitrogen and oxygen atoms in total. The lowest BCUT2D eigenvalue weighted by Gasteiger charge is -2.03. The van der Waals surface area contributed by atoms with E-state index in [1.165, 1.54) is 11.9 Å². The molecule has 0 bridgehead atoms. The number of hydrogen-bond donors (Lipinski definition) is 0. The fourth-order valence-corrected chi connectivity index (χ4v) is 2.17. The number of nitrogens with zero attached hydrogens (tertiary/aromatic N) is 4. The van der Waals surface area contributed by atoms with Crippen molar-refractivity contribution in [1.82, 2.24) is 19.7 Å². The molecule has 0 fully saturated rings. The van der Waals surface area contributed by atoms with Crippen molar-refractivity contribution in [2.75, 3.05) is 0 Å². The third-order valence-electron chi connectivity index (χ3n) is 3.37. The molecule has 2 aromatic heterocycles. The molecule has 1 aromatic carbocycles. The van der Waals surface area contributed by atoms with Crippen molar-refractivity contribution in [1.29, 1.82) is 0 Å². The van der Waals surface area contributed by atoms with Gasteiger partial charge in [-0.2, -0.15) is 5.10 Å². The Morgan fingerprint density at radius 2 is 1.95 bits per heavy atom. The van der Waals surface area contributed by atoms with Crippen LogP contribution in [0.1, 0.15) is 28.5 Å². The lowest BCUT2D eigenvalue weighted by molar-refractivity contribution is 0.103. The number of ketones is 1. The Morgan fingerprint density at radius 1 is 1.20 bits per heavy atom. The van der Waals surface area contributed by atoms with Gasteiger partial charge in [-0.25, -0.2) is 9.97 Å². The Kier molecular flexibility index (Phi) is 3.02. The molecule has 0 atom stereocenters. The van der Waals surface area contributed by atoms with E-state index in [0.717, 1.165) is 6.42 Å². The summed E-state index contributed by atoms with van der Waals surface area (Å²) in [6.07, 6.45) is 3.98. The highest BCUT2D eigenvalue weighted by molar-refractivity contribution is 6.14. The van der Waals surface area contributed by atoms with Crippen molar-refractivity contribution >= 4 is 16.8 Å². The van der Waals surface area contributed by atoms with Gasteiger partial charge in [0.2, 0.25) is 5.78 Å². The monoisotopic (exact) mass is 266 g/mol. The van der Waals surface area contributed by atoms with Gasteiger partial charge in [-0.15, -0.1) is 0 Å². The zero-order valence-corrected chi connectivity index (χ0v) is 11.4. The zero-order valence-electron chi connectivity index (χ0n) is 11.4. The minimum atomic E-state index is -0.104. The Balaban J connectivity index is 2.07. The summed E-state index contributed by atoms with van der Waals surface area (Å²) in [5.41, 5.74) is 2.89. The molecule has 3 rings (SSSR count). The van der Waals surface area contributed by atoms with E-state index in [4.69, 9.17) is 0 Å². The highest BCUT2D eigenvalue weighted by Gasteiger charge is 2.16. The fourth-order valence-electron chi connectivity index (χ4n) is 2.17. The second-order valence-corrected chi connectivity index (χ2v) is 4.61. The molecule has 100 valence electrons. The summed E-state index contributed by atoms with van der Waals surface area (Å²) in [5.74, 6) is -0.104. The number of rotatable bonds is 3. The normalized spacial score (nSPS) is 10.9. The Bertz CT molecular complexity index is 774. The molecule has 2 heterocycles. The predicted octanol–water partition coefficient (Wildman–Crippen LogP) is 2.16. The number of aromatic nitrogens is 4. The molecular weight excluding hydrogens is 252 g/mol. The summed E-state index contributed by atoms with van der Waals surface area (Å²) in [6.45, 7) is 2.08. The molecule has 3 aromatic rings. The largest absolute Gasteiger partial charge is 0.287 e. The second-order valence-electron chi connectivity index (χ2n) is 4.61. The number of carbonyl (C=O) groups is 1. The zero-order chi connectivity index (χ0) is 14.1. The molecule has 0 amide bonds. The quantitative estimate of drug-likeness (QED) is 0.681. The van der Waals surface area contributed by atoms with E-state index < -0.39 is 0 Å². The fraction of sp³-hybridized carbons (Fsp3) is 0.200. The van der Waals surface area contributed by atoms with Crippen LogP contribution in [-0.4, -0.2) is 25.5 Å². The van der Waals surface area contributed by atoms with Crippen molar-refractivity contribution in [3.63, 3.8) is 0 Å². The molecular formula is C15H14N4O. The van der Waals surface area contributed by atoms with E-state index in [1.807, 2.05) is 24.3 Å². The molecule has 0 saturated heterocycles. The lowest BCUT2D eigenvalue weighted by Crippen LogP contribution is -2.05. The van der Waals surface area contributed by atoms with Crippen LogP contribution in [0.25, 0.3) is 11.0 Å². The first-order valence-corrected chi connectivity index (χ1v) is 6.47. The van der Waals surface area contributed by atoms with E-state index in [-0.39, 0.29) is 5.78 Å². The Hall–Kier alpha value is -2.56. The SMILES string of the molecule is CCc1ccc(C(=O)c2ncnc3c2cnn3C)cc1. The highest BCUT2D eigenvalue weighted by Crippen LogP contribution is 2.17. The molecule has 0 aliphatic rings. The minimum absolute atomic E-state index is 0.104. The number of fused-ring (bicyclic) bond motifs is 1. The van der Waals surface area contributed by atoms with Gasteiger partial charge in [0.15, 0.2) is 5.65 Å². The van der Waals surface area contributed by atoms with Crippen LogP contribution in [0.5, 0.6) is 0 Å². The molecule has 0 spiro atoms. The average molecular weight is 266 g/mol. The number of benzene rings is 1. The van der Waals surface area contributed by atoms with Crippen LogP contribution >= 0.6 is 0 Å². The van der Waals surface area contributed by atoms with Gasteiger partial charge in [-0.3, -0.25) is 9.48 Å². The van der Waals surface area contributed by atoms with Gasteiger partial charge < -0.3 is 0 Å². The van der Waals surface area contributed by atoms with E-state index >= 15 is 0 Å². The third kappa shape index (κ3) is 1.97. The summed E-state index contributed by atoms with van der Waals surface area (Å²) in [5, 5.41) is 4.80. The van der Waals surface area contributed by atoms with E-state index in [2.05, 4.69) is 22.0 Å². The minimum Gasteiger partial charge on any atom is -0.287 e. The maximum atomic E-state index is 12.5. The van der Waals surface area contributed by atoms with E-state index in [1.54, 1.807) is 17.9 Å². The van der Waals surface area contributed by atoms with Gasteiger partial charge in [0.05, 0.1) is 11.6 Å².